The number of hydrogen-bond donors (Lipinski definition) is 0. The molecule has 0 radical (unpaired) electrons. The van der Waals surface area contributed by atoms with Gasteiger partial charge in [0.05, 0.1) is 10.6 Å². The van der Waals surface area contributed by atoms with Crippen molar-refractivity contribution in [2.24, 2.45) is 5.92 Å². The first-order valence-corrected chi connectivity index (χ1v) is 8.52. The van der Waals surface area contributed by atoms with Crippen molar-refractivity contribution in [1.29, 1.82) is 0 Å². The van der Waals surface area contributed by atoms with E-state index in [4.69, 9.17) is 11.6 Å². The van der Waals surface area contributed by atoms with Gasteiger partial charge in [0.15, 0.2) is 0 Å². The second-order valence-electron chi connectivity index (χ2n) is 6.49. The van der Waals surface area contributed by atoms with Crippen LogP contribution in [0.15, 0.2) is 12.3 Å². The summed E-state index contributed by atoms with van der Waals surface area (Å²) in [5.41, 5.74) is 0.591. The third kappa shape index (κ3) is 4.35. The molecule has 0 bridgehead atoms. The lowest BCUT2D eigenvalue weighted by atomic mass is 10.1. The molecule has 0 atom stereocenters. The highest BCUT2D eigenvalue weighted by Gasteiger charge is 2.20. The molecule has 5 heteroatoms. The molecule has 22 heavy (non-hydrogen) atoms. The van der Waals surface area contributed by atoms with Crippen LogP contribution in [-0.4, -0.2) is 42.5 Å². The Kier molecular flexibility index (Phi) is 6.07. The number of pyridine rings is 1. The molecule has 1 aliphatic rings. The molecule has 0 aromatic carbocycles. The number of hydrogen-bond acceptors (Lipinski definition) is 3. The second kappa shape index (κ2) is 7.82. The van der Waals surface area contributed by atoms with Gasteiger partial charge in [-0.1, -0.05) is 25.4 Å². The Balaban J connectivity index is 2.06. The van der Waals surface area contributed by atoms with Crippen LogP contribution in [0.25, 0.3) is 0 Å². The monoisotopic (exact) mass is 323 g/mol. The zero-order valence-electron chi connectivity index (χ0n) is 13.8. The van der Waals surface area contributed by atoms with Crippen molar-refractivity contribution in [1.82, 2.24) is 9.88 Å². The minimum atomic E-state index is 0.0467. The van der Waals surface area contributed by atoms with Crippen molar-refractivity contribution < 1.29 is 4.79 Å². The van der Waals surface area contributed by atoms with Crippen LogP contribution < -0.4 is 4.90 Å². The number of carbonyl (C=O) groups excluding carboxylic acids is 1. The average Bonchev–Trinajstić information content (AvgIpc) is 2.52. The van der Waals surface area contributed by atoms with Gasteiger partial charge in [-0.3, -0.25) is 4.79 Å². The van der Waals surface area contributed by atoms with Crippen molar-refractivity contribution in [2.75, 3.05) is 31.6 Å². The maximum absolute atomic E-state index is 12.5. The lowest BCUT2D eigenvalue weighted by Crippen LogP contribution is -2.35. The molecule has 0 spiro atoms. The molecule has 2 heterocycles. The average molecular weight is 324 g/mol. The second-order valence-corrected chi connectivity index (χ2v) is 6.89. The summed E-state index contributed by atoms with van der Waals surface area (Å²) >= 11 is 6.35. The van der Waals surface area contributed by atoms with Gasteiger partial charge >= 0.3 is 0 Å². The predicted molar refractivity (Wildman–Crippen MR) is 91.7 cm³/mol. The van der Waals surface area contributed by atoms with Gasteiger partial charge in [0, 0.05) is 32.9 Å². The van der Waals surface area contributed by atoms with Gasteiger partial charge in [-0.2, -0.15) is 0 Å². The molecule has 1 aromatic rings. The van der Waals surface area contributed by atoms with Crippen molar-refractivity contribution in [3.63, 3.8) is 0 Å². The topological polar surface area (TPSA) is 36.4 Å². The lowest BCUT2D eigenvalue weighted by Gasteiger charge is -2.27. The lowest BCUT2D eigenvalue weighted by molar-refractivity contribution is 0.0724. The van der Waals surface area contributed by atoms with Crippen LogP contribution in [0.4, 0.5) is 5.82 Å². The minimum Gasteiger partial charge on any atom is -0.358 e. The Hall–Kier alpha value is -1.29. The van der Waals surface area contributed by atoms with Crippen LogP contribution in [0.5, 0.6) is 0 Å². The predicted octanol–water partition coefficient (Wildman–Crippen LogP) is 3.84. The van der Waals surface area contributed by atoms with E-state index in [1.807, 2.05) is 11.9 Å². The molecule has 1 saturated heterocycles. The smallest absolute Gasteiger partial charge is 0.255 e. The molecule has 0 unspecified atom stereocenters. The number of halogens is 1. The number of carbonyl (C=O) groups is 1. The molecule has 0 aliphatic carbocycles. The molecule has 1 amide bonds. The SMILES string of the molecule is CC(C)CCN(C)c1ncc(C(=O)N2CCCCC2)cc1Cl. The Labute approximate surface area is 138 Å². The summed E-state index contributed by atoms with van der Waals surface area (Å²) in [5.74, 6) is 1.43. The highest BCUT2D eigenvalue weighted by atomic mass is 35.5. The number of nitrogens with zero attached hydrogens (tertiary/aromatic N) is 3. The van der Waals surface area contributed by atoms with Crippen molar-refractivity contribution in [2.45, 2.75) is 39.5 Å². The fourth-order valence-electron chi connectivity index (χ4n) is 2.67. The molecule has 0 N–H and O–H groups in total. The summed E-state index contributed by atoms with van der Waals surface area (Å²) in [6, 6.07) is 1.76. The van der Waals surface area contributed by atoms with Crippen LogP contribution in [0, 0.1) is 5.92 Å². The van der Waals surface area contributed by atoms with Gasteiger partial charge in [-0.15, -0.1) is 0 Å². The van der Waals surface area contributed by atoms with Crippen molar-refractivity contribution >= 4 is 23.3 Å². The van der Waals surface area contributed by atoms with Crippen LogP contribution in [0.2, 0.25) is 5.02 Å². The van der Waals surface area contributed by atoms with E-state index in [1.54, 1.807) is 12.3 Å². The number of rotatable bonds is 5. The van der Waals surface area contributed by atoms with E-state index in [0.29, 0.717) is 16.5 Å². The number of likely N-dealkylation sites (tertiary alicyclic amines) is 1. The van der Waals surface area contributed by atoms with E-state index < -0.39 is 0 Å². The third-order valence-corrected chi connectivity index (χ3v) is 4.39. The Morgan fingerprint density at radius 3 is 2.64 bits per heavy atom. The highest BCUT2D eigenvalue weighted by molar-refractivity contribution is 6.33. The van der Waals surface area contributed by atoms with Crippen LogP contribution in [-0.2, 0) is 0 Å². The van der Waals surface area contributed by atoms with Crippen molar-refractivity contribution in [3.8, 4) is 0 Å². The summed E-state index contributed by atoms with van der Waals surface area (Å²) in [6.45, 7) is 6.98. The van der Waals surface area contributed by atoms with Gasteiger partial charge in [0.2, 0.25) is 0 Å². The van der Waals surface area contributed by atoms with Crippen molar-refractivity contribution in [3.05, 3.63) is 22.8 Å². The molecule has 122 valence electrons. The molecule has 2 rings (SSSR count). The minimum absolute atomic E-state index is 0.0467. The molecular weight excluding hydrogens is 298 g/mol. The highest BCUT2D eigenvalue weighted by Crippen LogP contribution is 2.25. The summed E-state index contributed by atoms with van der Waals surface area (Å²) < 4.78 is 0. The van der Waals surface area contributed by atoms with Crippen LogP contribution in [0.1, 0.15) is 49.9 Å². The Bertz CT molecular complexity index is 513. The molecule has 1 aromatic heterocycles. The zero-order chi connectivity index (χ0) is 16.1. The van der Waals surface area contributed by atoms with E-state index >= 15 is 0 Å². The Morgan fingerprint density at radius 1 is 1.36 bits per heavy atom. The number of aromatic nitrogens is 1. The quantitative estimate of drug-likeness (QED) is 0.826. The fraction of sp³-hybridized carbons (Fsp3) is 0.647. The van der Waals surface area contributed by atoms with Gasteiger partial charge in [0.25, 0.3) is 5.91 Å². The van der Waals surface area contributed by atoms with Gasteiger partial charge in [-0.25, -0.2) is 4.98 Å². The molecule has 4 nitrogen and oxygen atoms in total. The summed E-state index contributed by atoms with van der Waals surface area (Å²) in [5, 5.41) is 0.550. The fourth-order valence-corrected chi connectivity index (χ4v) is 2.98. The zero-order valence-corrected chi connectivity index (χ0v) is 14.6. The standard InChI is InChI=1S/C17H26ClN3O/c1-13(2)7-10-20(3)16-15(18)11-14(12-19-16)17(22)21-8-5-4-6-9-21/h11-13H,4-10H2,1-3H3. The first-order chi connectivity index (χ1) is 10.5. The third-order valence-electron chi connectivity index (χ3n) is 4.12. The van der Waals surface area contributed by atoms with E-state index in [-0.39, 0.29) is 5.91 Å². The van der Waals surface area contributed by atoms with Gasteiger partial charge < -0.3 is 9.80 Å². The normalized spacial score (nSPS) is 15.2. The maximum atomic E-state index is 12.5. The number of anilines is 1. The molecule has 0 saturated carbocycles. The van der Waals surface area contributed by atoms with E-state index in [2.05, 4.69) is 23.7 Å². The van der Waals surface area contributed by atoms with Crippen LogP contribution in [0.3, 0.4) is 0 Å². The summed E-state index contributed by atoms with van der Waals surface area (Å²) in [4.78, 5) is 20.8. The maximum Gasteiger partial charge on any atom is 0.255 e. The summed E-state index contributed by atoms with van der Waals surface area (Å²) in [7, 11) is 1.99. The number of amides is 1. The Morgan fingerprint density at radius 2 is 2.05 bits per heavy atom. The molecule has 1 fully saturated rings. The molecular formula is C17H26ClN3O. The van der Waals surface area contributed by atoms with E-state index in [1.165, 1.54) is 6.42 Å². The first kappa shape index (κ1) is 17.1. The van der Waals surface area contributed by atoms with E-state index in [0.717, 1.165) is 44.7 Å². The van der Waals surface area contributed by atoms with E-state index in [9.17, 15) is 4.79 Å². The van der Waals surface area contributed by atoms with Crippen LogP contribution >= 0.6 is 11.6 Å². The largest absolute Gasteiger partial charge is 0.358 e. The first-order valence-electron chi connectivity index (χ1n) is 8.15. The summed E-state index contributed by atoms with van der Waals surface area (Å²) in [6.07, 6.45) is 6.13. The number of piperidine rings is 1. The van der Waals surface area contributed by atoms with Gasteiger partial charge in [0.1, 0.15) is 5.82 Å². The molecule has 1 aliphatic heterocycles. The van der Waals surface area contributed by atoms with Gasteiger partial charge in [-0.05, 0) is 37.7 Å².